The van der Waals surface area contributed by atoms with Crippen molar-refractivity contribution in [1.29, 1.82) is 0 Å². The normalized spacial score (nSPS) is 34.5. The molecule has 3 unspecified atom stereocenters. The van der Waals surface area contributed by atoms with Gasteiger partial charge in [-0.2, -0.15) is 0 Å². The van der Waals surface area contributed by atoms with Crippen LogP contribution in [0.1, 0.15) is 26.2 Å². The van der Waals surface area contributed by atoms with E-state index >= 15 is 0 Å². The fourth-order valence-electron chi connectivity index (χ4n) is 2.47. The van der Waals surface area contributed by atoms with Crippen molar-refractivity contribution in [2.24, 2.45) is 0 Å². The third-order valence-corrected chi connectivity index (χ3v) is 3.60. The Morgan fingerprint density at radius 1 is 1.47 bits per heavy atom. The first-order chi connectivity index (χ1) is 8.87. The number of carbonyl (C=O) groups excluding carboxylic acids is 1. The third-order valence-electron chi connectivity index (χ3n) is 3.60. The maximum atomic E-state index is 11.8. The van der Waals surface area contributed by atoms with Gasteiger partial charge >= 0.3 is 12.0 Å². The zero-order valence-corrected chi connectivity index (χ0v) is 11.0. The third kappa shape index (κ3) is 3.57. The lowest BCUT2D eigenvalue weighted by atomic mass is 10.1. The Kier molecular flexibility index (Phi) is 3.96. The van der Waals surface area contributed by atoms with Crippen molar-refractivity contribution < 1.29 is 24.5 Å². The number of hydrogen-bond donors (Lipinski definition) is 3. The molecule has 0 aliphatic carbocycles. The van der Waals surface area contributed by atoms with Gasteiger partial charge in [-0.1, -0.05) is 0 Å². The van der Waals surface area contributed by atoms with E-state index in [9.17, 15) is 14.7 Å². The second-order valence-corrected chi connectivity index (χ2v) is 5.52. The van der Waals surface area contributed by atoms with Gasteiger partial charge in [-0.3, -0.25) is 0 Å². The fraction of sp³-hybridized carbons (Fsp3) is 0.833. The molecule has 2 heterocycles. The van der Waals surface area contributed by atoms with Gasteiger partial charge in [-0.05, 0) is 26.2 Å². The first-order valence-corrected chi connectivity index (χ1v) is 6.51. The van der Waals surface area contributed by atoms with Gasteiger partial charge in [0.1, 0.15) is 0 Å². The lowest BCUT2D eigenvalue weighted by Crippen LogP contribution is -2.43. The molecule has 2 saturated heterocycles. The highest BCUT2D eigenvalue weighted by Gasteiger charge is 2.35. The van der Waals surface area contributed by atoms with E-state index in [1.807, 2.05) is 0 Å². The van der Waals surface area contributed by atoms with Crippen LogP contribution in [-0.2, 0) is 9.53 Å². The van der Waals surface area contributed by atoms with Crippen LogP contribution in [-0.4, -0.2) is 64.6 Å². The highest BCUT2D eigenvalue weighted by atomic mass is 16.5. The van der Waals surface area contributed by atoms with E-state index in [4.69, 9.17) is 9.84 Å². The van der Waals surface area contributed by atoms with Gasteiger partial charge in [-0.25, -0.2) is 9.59 Å². The van der Waals surface area contributed by atoms with Crippen molar-refractivity contribution in [3.8, 4) is 0 Å². The Morgan fingerprint density at radius 3 is 2.74 bits per heavy atom. The second kappa shape index (κ2) is 5.34. The number of β-amino-alcohol motifs (C(OH)–C–C–N with tert-alkyl or cyclic N) is 1. The summed E-state index contributed by atoms with van der Waals surface area (Å²) in [4.78, 5) is 24.1. The van der Waals surface area contributed by atoms with Crippen LogP contribution in [0.3, 0.4) is 0 Å². The molecule has 0 radical (unpaired) electrons. The summed E-state index contributed by atoms with van der Waals surface area (Å²) >= 11 is 0. The molecule has 2 aliphatic rings. The average molecular weight is 272 g/mol. The second-order valence-electron chi connectivity index (χ2n) is 5.52. The number of ether oxygens (including phenoxy) is 1. The van der Waals surface area contributed by atoms with E-state index in [-0.39, 0.29) is 12.1 Å². The molecule has 2 fully saturated rings. The molecule has 7 heteroatoms. The number of amides is 2. The van der Waals surface area contributed by atoms with Crippen molar-refractivity contribution in [1.82, 2.24) is 10.2 Å². The summed E-state index contributed by atoms with van der Waals surface area (Å²) in [5, 5.41) is 21.3. The molecular formula is C12H20N2O5. The monoisotopic (exact) mass is 272 g/mol. The number of carbonyl (C=O) groups is 2. The SMILES string of the molecule is CC1(O)CCN(C(=O)NCC2CCC(C(=O)O)O2)C1. The molecule has 3 atom stereocenters. The minimum Gasteiger partial charge on any atom is -0.479 e. The van der Waals surface area contributed by atoms with Crippen molar-refractivity contribution >= 4 is 12.0 Å². The van der Waals surface area contributed by atoms with E-state index < -0.39 is 17.7 Å². The van der Waals surface area contributed by atoms with Gasteiger partial charge in [0.15, 0.2) is 6.10 Å². The summed E-state index contributed by atoms with van der Waals surface area (Å²) in [7, 11) is 0. The Hall–Kier alpha value is -1.34. The van der Waals surface area contributed by atoms with Crippen LogP contribution in [0.15, 0.2) is 0 Å². The Balaban J connectivity index is 1.72. The average Bonchev–Trinajstić information content (AvgIpc) is 2.92. The Morgan fingerprint density at radius 2 is 2.21 bits per heavy atom. The van der Waals surface area contributed by atoms with Gasteiger partial charge in [-0.15, -0.1) is 0 Å². The predicted octanol–water partition coefficient (Wildman–Crippen LogP) is -0.215. The highest BCUT2D eigenvalue weighted by molar-refractivity contribution is 5.75. The van der Waals surface area contributed by atoms with Crippen molar-refractivity contribution in [3.63, 3.8) is 0 Å². The summed E-state index contributed by atoms with van der Waals surface area (Å²) < 4.78 is 5.29. The maximum Gasteiger partial charge on any atom is 0.332 e. The number of hydrogen-bond acceptors (Lipinski definition) is 4. The molecule has 0 aromatic rings. The van der Waals surface area contributed by atoms with Gasteiger partial charge in [0, 0.05) is 13.1 Å². The van der Waals surface area contributed by atoms with Gasteiger partial charge < -0.3 is 25.2 Å². The topological polar surface area (TPSA) is 99.1 Å². The zero-order chi connectivity index (χ0) is 14.0. The number of nitrogens with zero attached hydrogens (tertiary/aromatic N) is 1. The molecule has 0 saturated carbocycles. The van der Waals surface area contributed by atoms with E-state index in [2.05, 4.69) is 5.32 Å². The molecule has 2 amide bonds. The summed E-state index contributed by atoms with van der Waals surface area (Å²) in [5.41, 5.74) is -0.810. The van der Waals surface area contributed by atoms with Crippen LogP contribution < -0.4 is 5.32 Å². The van der Waals surface area contributed by atoms with E-state index in [0.29, 0.717) is 38.9 Å². The van der Waals surface area contributed by atoms with Crippen LogP contribution in [0.5, 0.6) is 0 Å². The van der Waals surface area contributed by atoms with E-state index in [1.165, 1.54) is 0 Å². The van der Waals surface area contributed by atoms with Crippen LogP contribution in [0.25, 0.3) is 0 Å². The van der Waals surface area contributed by atoms with Crippen LogP contribution >= 0.6 is 0 Å². The van der Waals surface area contributed by atoms with Crippen LogP contribution in [0.2, 0.25) is 0 Å². The minimum absolute atomic E-state index is 0.236. The Labute approximate surface area is 111 Å². The first kappa shape index (κ1) is 14.1. The number of nitrogens with one attached hydrogen (secondary N) is 1. The smallest absolute Gasteiger partial charge is 0.332 e. The van der Waals surface area contributed by atoms with Crippen molar-refractivity contribution in [2.45, 2.75) is 44.0 Å². The molecule has 108 valence electrons. The molecule has 0 aromatic carbocycles. The lowest BCUT2D eigenvalue weighted by molar-refractivity contribution is -0.149. The van der Waals surface area contributed by atoms with Crippen molar-refractivity contribution in [3.05, 3.63) is 0 Å². The number of rotatable bonds is 3. The first-order valence-electron chi connectivity index (χ1n) is 6.51. The van der Waals surface area contributed by atoms with Gasteiger partial charge in [0.2, 0.25) is 0 Å². The summed E-state index contributed by atoms with van der Waals surface area (Å²) in [6.45, 7) is 2.86. The number of carboxylic acids is 1. The standard InChI is InChI=1S/C12H20N2O5/c1-12(18)4-5-14(7-12)11(17)13-6-8-2-3-9(19-8)10(15)16/h8-9,18H,2-7H2,1H3,(H,13,17)(H,15,16). The molecule has 0 spiro atoms. The van der Waals surface area contributed by atoms with Gasteiger partial charge in [0.25, 0.3) is 0 Å². The molecule has 19 heavy (non-hydrogen) atoms. The maximum absolute atomic E-state index is 11.8. The number of urea groups is 1. The van der Waals surface area contributed by atoms with Crippen LogP contribution in [0, 0.1) is 0 Å². The number of carboxylic acid groups (broad SMARTS) is 1. The molecular weight excluding hydrogens is 252 g/mol. The Bertz CT molecular complexity index is 371. The highest BCUT2D eigenvalue weighted by Crippen LogP contribution is 2.21. The molecule has 0 bridgehead atoms. The number of aliphatic hydroxyl groups is 1. The number of likely N-dealkylation sites (tertiary alicyclic amines) is 1. The summed E-state index contributed by atoms with van der Waals surface area (Å²) in [5.74, 6) is -0.954. The summed E-state index contributed by atoms with van der Waals surface area (Å²) in [6.07, 6.45) is 0.688. The minimum atomic E-state index is -0.954. The predicted molar refractivity (Wildman–Crippen MR) is 65.7 cm³/mol. The molecule has 7 nitrogen and oxygen atoms in total. The summed E-state index contributed by atoms with van der Waals surface area (Å²) in [6, 6.07) is -0.236. The zero-order valence-electron chi connectivity index (χ0n) is 11.0. The quantitative estimate of drug-likeness (QED) is 0.660. The van der Waals surface area contributed by atoms with E-state index in [1.54, 1.807) is 11.8 Å². The number of aliphatic carboxylic acids is 1. The molecule has 3 N–H and O–H groups in total. The largest absolute Gasteiger partial charge is 0.479 e. The molecule has 2 rings (SSSR count). The molecule has 2 aliphatic heterocycles. The fourth-order valence-corrected chi connectivity index (χ4v) is 2.47. The van der Waals surface area contributed by atoms with E-state index in [0.717, 1.165) is 0 Å². The molecule has 0 aromatic heterocycles. The van der Waals surface area contributed by atoms with Crippen molar-refractivity contribution in [2.75, 3.05) is 19.6 Å². The van der Waals surface area contributed by atoms with Gasteiger partial charge in [0.05, 0.1) is 18.2 Å². The lowest BCUT2D eigenvalue weighted by Gasteiger charge is -2.20. The van der Waals surface area contributed by atoms with Crippen LogP contribution in [0.4, 0.5) is 4.79 Å².